The zero-order chi connectivity index (χ0) is 24.3. The maximum Gasteiger partial charge on any atom is 0.281 e. The van der Waals surface area contributed by atoms with E-state index in [4.69, 9.17) is 4.52 Å². The van der Waals surface area contributed by atoms with Gasteiger partial charge in [-0.15, -0.1) is 5.10 Å². The molecule has 0 N–H and O–H groups in total. The number of pyridine rings is 1. The number of aromatic nitrogens is 6. The number of benzene rings is 2. The van der Waals surface area contributed by atoms with E-state index < -0.39 is 5.82 Å². The van der Waals surface area contributed by atoms with Crippen molar-refractivity contribution >= 4 is 0 Å². The first-order valence-corrected chi connectivity index (χ1v) is 12.0. The molecule has 4 heterocycles. The summed E-state index contributed by atoms with van der Waals surface area (Å²) in [6.07, 6.45) is 7.18. The van der Waals surface area contributed by atoms with Crippen LogP contribution in [0.2, 0.25) is 0 Å². The third kappa shape index (κ3) is 4.40. The molecule has 1 aliphatic heterocycles. The lowest BCUT2D eigenvalue weighted by Crippen LogP contribution is -2.28. The van der Waals surface area contributed by atoms with Crippen LogP contribution in [0.3, 0.4) is 0 Å². The molecule has 0 bridgehead atoms. The van der Waals surface area contributed by atoms with Gasteiger partial charge in [-0.25, -0.2) is 9.07 Å². The Morgan fingerprint density at radius 1 is 0.861 bits per heavy atom. The van der Waals surface area contributed by atoms with E-state index in [9.17, 15) is 4.39 Å². The third-order valence-corrected chi connectivity index (χ3v) is 6.40. The smallest absolute Gasteiger partial charge is 0.281 e. The molecule has 3 aromatic heterocycles. The van der Waals surface area contributed by atoms with E-state index in [-0.39, 0.29) is 11.6 Å². The largest absolute Gasteiger partial charge is 0.332 e. The summed E-state index contributed by atoms with van der Waals surface area (Å²) in [5.41, 5.74) is 4.03. The van der Waals surface area contributed by atoms with E-state index in [0.717, 1.165) is 30.8 Å². The van der Waals surface area contributed by atoms with E-state index in [1.807, 2.05) is 12.1 Å². The van der Waals surface area contributed by atoms with Gasteiger partial charge in [-0.3, -0.25) is 9.88 Å². The Morgan fingerprint density at radius 2 is 1.64 bits per heavy atom. The summed E-state index contributed by atoms with van der Waals surface area (Å²) in [7, 11) is 0. The normalized spacial score (nSPS) is 14.2. The number of likely N-dealkylation sites (tertiary alicyclic amines) is 1. The second-order valence-corrected chi connectivity index (χ2v) is 8.84. The molecule has 0 spiro atoms. The maximum absolute atomic E-state index is 14.6. The topological polar surface area (TPSA) is 85.8 Å². The summed E-state index contributed by atoms with van der Waals surface area (Å²) in [5, 5.41) is 12.7. The number of halogens is 1. The van der Waals surface area contributed by atoms with Gasteiger partial charge >= 0.3 is 0 Å². The van der Waals surface area contributed by atoms with Crippen LogP contribution in [0.25, 0.3) is 39.9 Å². The van der Waals surface area contributed by atoms with E-state index in [2.05, 4.69) is 42.5 Å². The van der Waals surface area contributed by atoms with Crippen LogP contribution in [0.4, 0.5) is 4.39 Å². The summed E-state index contributed by atoms with van der Waals surface area (Å²) in [6.45, 7) is 3.26. The minimum absolute atomic E-state index is 0.205. The van der Waals surface area contributed by atoms with Crippen molar-refractivity contribution in [3.63, 3.8) is 0 Å². The van der Waals surface area contributed by atoms with E-state index in [1.165, 1.54) is 35.6 Å². The fourth-order valence-electron chi connectivity index (χ4n) is 4.56. The van der Waals surface area contributed by atoms with Gasteiger partial charge in [-0.2, -0.15) is 4.98 Å². The second-order valence-electron chi connectivity index (χ2n) is 8.84. The lowest BCUT2D eigenvalue weighted by Gasteiger charge is -2.26. The number of hydrogen-bond donors (Lipinski definition) is 0. The third-order valence-electron chi connectivity index (χ3n) is 6.40. The standard InChI is InChI=1S/C27H24FN7O/c28-22-6-2-3-7-23(22)35-25(20-12-14-29-15-13-20)24(31-33-35)27-30-26(32-36-27)21-10-8-19(9-11-21)18-34-16-4-1-5-17-34/h2-3,6-15H,1,4-5,16-18H2. The van der Waals surface area contributed by atoms with Gasteiger partial charge in [0.2, 0.25) is 5.82 Å². The average Bonchev–Trinajstić information content (AvgIpc) is 3.58. The van der Waals surface area contributed by atoms with Gasteiger partial charge in [0.25, 0.3) is 5.89 Å². The number of hydrogen-bond acceptors (Lipinski definition) is 7. The lowest BCUT2D eigenvalue weighted by molar-refractivity contribution is 0.221. The Kier molecular flexibility index (Phi) is 6.05. The monoisotopic (exact) mass is 481 g/mol. The molecule has 0 aliphatic carbocycles. The molecule has 0 unspecified atom stereocenters. The van der Waals surface area contributed by atoms with Crippen LogP contribution >= 0.6 is 0 Å². The van der Waals surface area contributed by atoms with Crippen LogP contribution < -0.4 is 0 Å². The van der Waals surface area contributed by atoms with Crippen molar-refractivity contribution in [3.8, 4) is 39.9 Å². The predicted octanol–water partition coefficient (Wildman–Crippen LogP) is 5.17. The van der Waals surface area contributed by atoms with Gasteiger partial charge in [0.05, 0.1) is 0 Å². The fraction of sp³-hybridized carbons (Fsp3) is 0.222. The maximum atomic E-state index is 14.6. The van der Waals surface area contributed by atoms with Crippen molar-refractivity contribution in [3.05, 3.63) is 84.4 Å². The molecule has 1 fully saturated rings. The zero-order valence-corrected chi connectivity index (χ0v) is 19.6. The highest BCUT2D eigenvalue weighted by atomic mass is 19.1. The SMILES string of the molecule is Fc1ccccc1-n1nnc(-c2nc(-c3ccc(CN4CCCCC4)cc3)no2)c1-c1ccncc1. The van der Waals surface area contributed by atoms with Crippen molar-refractivity contribution in [2.75, 3.05) is 13.1 Å². The highest BCUT2D eigenvalue weighted by molar-refractivity contribution is 5.76. The molecule has 2 aromatic carbocycles. The molecule has 0 amide bonds. The number of para-hydroxylation sites is 1. The first-order valence-electron chi connectivity index (χ1n) is 12.0. The van der Waals surface area contributed by atoms with E-state index in [0.29, 0.717) is 17.2 Å². The van der Waals surface area contributed by atoms with Crippen LogP contribution in [0.1, 0.15) is 24.8 Å². The Bertz CT molecular complexity index is 1460. The summed E-state index contributed by atoms with van der Waals surface area (Å²) < 4.78 is 21.7. The van der Waals surface area contributed by atoms with Crippen LogP contribution in [0, 0.1) is 5.82 Å². The Hall–Kier alpha value is -4.24. The first kappa shape index (κ1) is 22.2. The van der Waals surface area contributed by atoms with Crippen molar-refractivity contribution in [1.82, 2.24) is 35.0 Å². The number of piperidine rings is 1. The molecule has 9 heteroatoms. The Morgan fingerprint density at radius 3 is 2.42 bits per heavy atom. The molecule has 0 atom stereocenters. The summed E-state index contributed by atoms with van der Waals surface area (Å²) in [6, 6.07) is 18.2. The molecule has 5 aromatic rings. The van der Waals surface area contributed by atoms with Gasteiger partial charge in [0, 0.05) is 30.1 Å². The number of rotatable bonds is 6. The molecule has 1 aliphatic rings. The average molecular weight is 482 g/mol. The summed E-state index contributed by atoms with van der Waals surface area (Å²) >= 11 is 0. The van der Waals surface area contributed by atoms with Gasteiger partial charge in [0.15, 0.2) is 5.69 Å². The van der Waals surface area contributed by atoms with Crippen LogP contribution in [0.15, 0.2) is 77.6 Å². The molecule has 36 heavy (non-hydrogen) atoms. The molecular formula is C27H24FN7O. The van der Waals surface area contributed by atoms with Crippen LogP contribution in [-0.2, 0) is 6.54 Å². The number of nitrogens with zero attached hydrogens (tertiary/aromatic N) is 7. The minimum Gasteiger partial charge on any atom is -0.332 e. The van der Waals surface area contributed by atoms with Crippen LogP contribution in [0.5, 0.6) is 0 Å². The second kappa shape index (κ2) is 9.79. The predicted molar refractivity (Wildman–Crippen MR) is 132 cm³/mol. The van der Waals surface area contributed by atoms with Crippen LogP contribution in [-0.4, -0.2) is 48.1 Å². The fourth-order valence-corrected chi connectivity index (χ4v) is 4.56. The highest BCUT2D eigenvalue weighted by Gasteiger charge is 2.24. The minimum atomic E-state index is -0.417. The molecule has 6 rings (SSSR count). The first-order chi connectivity index (χ1) is 17.8. The van der Waals surface area contributed by atoms with Gasteiger partial charge in [0.1, 0.15) is 17.2 Å². The van der Waals surface area contributed by atoms with Gasteiger partial charge < -0.3 is 4.52 Å². The lowest BCUT2D eigenvalue weighted by atomic mass is 10.1. The highest BCUT2D eigenvalue weighted by Crippen LogP contribution is 2.32. The van der Waals surface area contributed by atoms with Crippen molar-refractivity contribution < 1.29 is 8.91 Å². The van der Waals surface area contributed by atoms with Crippen molar-refractivity contribution in [1.29, 1.82) is 0 Å². The molecular weight excluding hydrogens is 457 g/mol. The summed E-state index contributed by atoms with van der Waals surface area (Å²) in [5.74, 6) is 0.243. The quantitative estimate of drug-likeness (QED) is 0.331. The summed E-state index contributed by atoms with van der Waals surface area (Å²) in [4.78, 5) is 11.2. The Labute approximate surface area is 207 Å². The molecule has 0 radical (unpaired) electrons. The van der Waals surface area contributed by atoms with Crippen molar-refractivity contribution in [2.45, 2.75) is 25.8 Å². The molecule has 8 nitrogen and oxygen atoms in total. The van der Waals surface area contributed by atoms with Gasteiger partial charge in [-0.05, 0) is 55.8 Å². The molecule has 0 saturated carbocycles. The Balaban J connectivity index is 1.32. The van der Waals surface area contributed by atoms with E-state index in [1.54, 1.807) is 42.7 Å². The zero-order valence-electron chi connectivity index (χ0n) is 19.6. The van der Waals surface area contributed by atoms with Gasteiger partial charge in [-0.1, -0.05) is 53.2 Å². The molecule has 1 saturated heterocycles. The molecule has 180 valence electrons. The van der Waals surface area contributed by atoms with Crippen molar-refractivity contribution in [2.24, 2.45) is 0 Å². The van der Waals surface area contributed by atoms with E-state index >= 15 is 0 Å².